The second-order valence-corrected chi connectivity index (χ2v) is 9.10. The molecule has 3 fully saturated rings. The summed E-state index contributed by atoms with van der Waals surface area (Å²) in [7, 11) is 0. The Kier molecular flexibility index (Phi) is 7.67. The van der Waals surface area contributed by atoms with Crippen LogP contribution in [0.5, 0.6) is 0 Å². The molecule has 1 aliphatic heterocycles. The maximum atomic E-state index is 12.7. The third kappa shape index (κ3) is 6.03. The van der Waals surface area contributed by atoms with Gasteiger partial charge in [-0.3, -0.25) is 19.2 Å². The van der Waals surface area contributed by atoms with Gasteiger partial charge in [-0.1, -0.05) is 19.3 Å². The highest BCUT2D eigenvalue weighted by Crippen LogP contribution is 2.28. The molecule has 2 aliphatic carbocycles. The van der Waals surface area contributed by atoms with Crippen molar-refractivity contribution in [3.05, 3.63) is 0 Å². The summed E-state index contributed by atoms with van der Waals surface area (Å²) in [5, 5.41) is 2.68. The Hall–Kier alpha value is -1.92. The van der Waals surface area contributed by atoms with Gasteiger partial charge in [0.15, 0.2) is 0 Å². The Labute approximate surface area is 173 Å². The molecule has 7 nitrogen and oxygen atoms in total. The van der Waals surface area contributed by atoms with Crippen LogP contribution >= 0.6 is 0 Å². The quantitative estimate of drug-likeness (QED) is 0.468. The molecule has 1 N–H and O–H groups in total. The molecule has 3 aliphatic rings. The van der Waals surface area contributed by atoms with Crippen LogP contribution in [0.3, 0.4) is 0 Å². The maximum Gasteiger partial charge on any atom is 0.289 e. The lowest BCUT2D eigenvalue weighted by Gasteiger charge is -2.37. The van der Waals surface area contributed by atoms with E-state index in [1.165, 1.54) is 11.3 Å². The molecule has 1 unspecified atom stereocenters. The number of ketones is 1. The normalized spacial score (nSPS) is 22.0. The van der Waals surface area contributed by atoms with Crippen molar-refractivity contribution in [1.29, 1.82) is 0 Å². The minimum Gasteiger partial charge on any atom is -0.349 e. The molecular weight excluding hydrogens is 370 g/mol. The molecule has 0 aromatic rings. The standard InChI is InChI=1S/C22H35N3O4/c1-16(20(27)21(28)23-13-17-7-8-17)25(15-26)14-18-9-11-24(12-10-18)22(29)19-5-3-2-4-6-19/h15-19H,2-14H2,1H3,(H,23,28). The van der Waals surface area contributed by atoms with Crippen LogP contribution in [-0.4, -0.2) is 66.0 Å². The fourth-order valence-corrected chi connectivity index (χ4v) is 4.52. The summed E-state index contributed by atoms with van der Waals surface area (Å²) >= 11 is 0. The van der Waals surface area contributed by atoms with E-state index in [4.69, 9.17) is 0 Å². The van der Waals surface area contributed by atoms with Crippen LogP contribution in [0.25, 0.3) is 0 Å². The fraction of sp³-hybridized carbons (Fsp3) is 0.818. The second-order valence-electron chi connectivity index (χ2n) is 9.10. The minimum atomic E-state index is -0.756. The molecule has 7 heteroatoms. The SMILES string of the molecule is CC(C(=O)C(=O)NCC1CC1)N(C=O)CC1CCN(C(=O)C2CCCCC2)CC1. The molecule has 1 heterocycles. The van der Waals surface area contributed by atoms with Crippen LogP contribution < -0.4 is 5.32 Å². The molecule has 0 spiro atoms. The number of Topliss-reactive ketones (excluding diaryl/α,β-unsaturated/α-hetero) is 1. The van der Waals surface area contributed by atoms with E-state index in [0.29, 0.717) is 31.3 Å². The number of amides is 3. The Morgan fingerprint density at radius 1 is 1.00 bits per heavy atom. The van der Waals surface area contributed by atoms with Crippen LogP contribution in [-0.2, 0) is 19.2 Å². The van der Waals surface area contributed by atoms with Gasteiger partial charge in [-0.05, 0) is 57.3 Å². The molecule has 1 atom stereocenters. The lowest BCUT2D eigenvalue weighted by molar-refractivity contribution is -0.143. The molecule has 0 aromatic carbocycles. The van der Waals surface area contributed by atoms with E-state index in [-0.39, 0.29) is 11.8 Å². The van der Waals surface area contributed by atoms with Gasteiger partial charge < -0.3 is 15.1 Å². The monoisotopic (exact) mass is 405 g/mol. The van der Waals surface area contributed by atoms with Crippen molar-refractivity contribution in [2.24, 2.45) is 17.8 Å². The van der Waals surface area contributed by atoms with E-state index in [2.05, 4.69) is 5.32 Å². The largest absolute Gasteiger partial charge is 0.349 e. The van der Waals surface area contributed by atoms with E-state index in [1.54, 1.807) is 6.92 Å². The number of likely N-dealkylation sites (tertiary alicyclic amines) is 1. The number of hydrogen-bond donors (Lipinski definition) is 1. The summed E-state index contributed by atoms with van der Waals surface area (Å²) < 4.78 is 0. The van der Waals surface area contributed by atoms with Gasteiger partial charge in [-0.15, -0.1) is 0 Å². The van der Waals surface area contributed by atoms with E-state index < -0.39 is 17.7 Å². The molecule has 29 heavy (non-hydrogen) atoms. The molecule has 0 bridgehead atoms. The molecule has 0 radical (unpaired) electrons. The Morgan fingerprint density at radius 3 is 2.24 bits per heavy atom. The maximum absolute atomic E-state index is 12.7. The predicted molar refractivity (Wildman–Crippen MR) is 109 cm³/mol. The first kappa shape index (κ1) is 21.8. The molecule has 162 valence electrons. The number of hydrogen-bond acceptors (Lipinski definition) is 4. The van der Waals surface area contributed by atoms with Crippen molar-refractivity contribution in [2.45, 2.75) is 70.8 Å². The van der Waals surface area contributed by atoms with E-state index in [9.17, 15) is 19.2 Å². The Morgan fingerprint density at radius 2 is 1.66 bits per heavy atom. The highest BCUT2D eigenvalue weighted by molar-refractivity contribution is 6.38. The first-order valence-electron chi connectivity index (χ1n) is 11.3. The van der Waals surface area contributed by atoms with Gasteiger partial charge >= 0.3 is 0 Å². The summed E-state index contributed by atoms with van der Waals surface area (Å²) in [6, 6.07) is -0.756. The van der Waals surface area contributed by atoms with Crippen LogP contribution in [0.4, 0.5) is 0 Å². The lowest BCUT2D eigenvalue weighted by Crippen LogP contribution is -2.49. The van der Waals surface area contributed by atoms with Gasteiger partial charge in [-0.25, -0.2) is 0 Å². The molecular formula is C22H35N3O4. The zero-order chi connectivity index (χ0) is 20.8. The average molecular weight is 406 g/mol. The molecule has 1 saturated heterocycles. The summed E-state index contributed by atoms with van der Waals surface area (Å²) in [6.07, 6.45) is 10.1. The van der Waals surface area contributed by atoms with Crippen molar-refractivity contribution >= 4 is 24.0 Å². The summed E-state index contributed by atoms with van der Waals surface area (Å²) in [4.78, 5) is 52.1. The number of rotatable bonds is 9. The van der Waals surface area contributed by atoms with E-state index in [0.717, 1.165) is 64.5 Å². The topological polar surface area (TPSA) is 86.8 Å². The number of piperidine rings is 1. The zero-order valence-electron chi connectivity index (χ0n) is 17.6. The Bertz CT molecular complexity index is 605. The Balaban J connectivity index is 1.43. The third-order valence-electron chi connectivity index (χ3n) is 6.83. The van der Waals surface area contributed by atoms with Crippen LogP contribution in [0.2, 0.25) is 0 Å². The van der Waals surface area contributed by atoms with Gasteiger partial charge in [0.25, 0.3) is 5.91 Å². The van der Waals surface area contributed by atoms with E-state index in [1.807, 2.05) is 4.90 Å². The van der Waals surface area contributed by atoms with Crippen molar-refractivity contribution in [3.63, 3.8) is 0 Å². The van der Waals surface area contributed by atoms with Gasteiger partial charge in [0, 0.05) is 32.1 Å². The summed E-state index contributed by atoms with van der Waals surface area (Å²) in [6.45, 7) is 4.06. The van der Waals surface area contributed by atoms with Crippen molar-refractivity contribution in [3.8, 4) is 0 Å². The first-order chi connectivity index (χ1) is 14.0. The van der Waals surface area contributed by atoms with Gasteiger partial charge in [0.1, 0.15) is 0 Å². The summed E-state index contributed by atoms with van der Waals surface area (Å²) in [5.74, 6) is 0.0998. The number of nitrogens with one attached hydrogen (secondary N) is 1. The third-order valence-corrected chi connectivity index (χ3v) is 6.83. The number of carbonyl (C=O) groups is 4. The van der Waals surface area contributed by atoms with Gasteiger partial charge in [0.05, 0.1) is 6.04 Å². The van der Waals surface area contributed by atoms with Crippen molar-refractivity contribution in [2.75, 3.05) is 26.2 Å². The smallest absolute Gasteiger partial charge is 0.289 e. The number of carbonyl (C=O) groups excluding carboxylic acids is 4. The molecule has 3 rings (SSSR count). The molecule has 2 saturated carbocycles. The van der Waals surface area contributed by atoms with Crippen LogP contribution in [0, 0.1) is 17.8 Å². The van der Waals surface area contributed by atoms with Crippen molar-refractivity contribution in [1.82, 2.24) is 15.1 Å². The predicted octanol–water partition coefficient (Wildman–Crippen LogP) is 1.75. The van der Waals surface area contributed by atoms with Gasteiger partial charge in [0.2, 0.25) is 18.1 Å². The summed E-state index contributed by atoms with van der Waals surface area (Å²) in [5.41, 5.74) is 0. The average Bonchev–Trinajstić information content (AvgIpc) is 3.60. The van der Waals surface area contributed by atoms with E-state index >= 15 is 0 Å². The lowest BCUT2D eigenvalue weighted by atomic mass is 9.87. The van der Waals surface area contributed by atoms with Crippen molar-refractivity contribution < 1.29 is 19.2 Å². The highest BCUT2D eigenvalue weighted by Gasteiger charge is 2.32. The first-order valence-corrected chi connectivity index (χ1v) is 11.3. The molecule has 3 amide bonds. The number of nitrogens with zero attached hydrogens (tertiary/aromatic N) is 2. The second kappa shape index (κ2) is 10.2. The van der Waals surface area contributed by atoms with Crippen LogP contribution in [0.1, 0.15) is 64.7 Å². The molecule has 0 aromatic heterocycles. The fourth-order valence-electron chi connectivity index (χ4n) is 4.52. The zero-order valence-corrected chi connectivity index (χ0v) is 17.6. The highest BCUT2D eigenvalue weighted by atomic mass is 16.2. The minimum absolute atomic E-state index is 0.193. The van der Waals surface area contributed by atoms with Gasteiger partial charge in [-0.2, -0.15) is 0 Å². The van der Waals surface area contributed by atoms with Crippen LogP contribution in [0.15, 0.2) is 0 Å².